The van der Waals surface area contributed by atoms with Gasteiger partial charge in [0.05, 0.1) is 5.69 Å². The van der Waals surface area contributed by atoms with Crippen LogP contribution in [0.5, 0.6) is 11.5 Å². The largest absolute Gasteiger partial charge is 0.454 e. The summed E-state index contributed by atoms with van der Waals surface area (Å²) in [4.78, 5) is 9.31. The number of aliphatic imine (C=N–C) groups is 1. The summed E-state index contributed by atoms with van der Waals surface area (Å²) in [5, 5.41) is 7.83. The summed E-state index contributed by atoms with van der Waals surface area (Å²) in [7, 11) is 1.85. The van der Waals surface area contributed by atoms with Crippen molar-refractivity contribution in [2.75, 3.05) is 40.0 Å². The summed E-state index contributed by atoms with van der Waals surface area (Å²) in [5.74, 6) is 2.63. The van der Waals surface area contributed by atoms with E-state index in [4.69, 9.17) is 9.47 Å². The molecule has 0 saturated carbocycles. The number of fused-ring (bicyclic) bond motifs is 1. The number of guanidine groups is 1. The molecule has 9 heteroatoms. The predicted molar refractivity (Wildman–Crippen MR) is 139 cm³/mol. The van der Waals surface area contributed by atoms with Crippen LogP contribution < -0.4 is 14.8 Å². The number of nitrogens with zero attached hydrogens (tertiary/aromatic N) is 5. The number of nitrogens with one attached hydrogen (secondary N) is 1. The van der Waals surface area contributed by atoms with Crippen molar-refractivity contribution in [2.24, 2.45) is 4.99 Å². The molecule has 0 spiro atoms. The lowest BCUT2D eigenvalue weighted by atomic mass is 10.1. The first-order valence-electron chi connectivity index (χ1n) is 10.9. The van der Waals surface area contributed by atoms with Gasteiger partial charge in [0.2, 0.25) is 6.79 Å². The minimum atomic E-state index is 0. The summed E-state index contributed by atoms with van der Waals surface area (Å²) in [6.07, 6.45) is 3.74. The highest BCUT2D eigenvalue weighted by Crippen LogP contribution is 2.32. The standard InChI is InChI=1S/C24H28N6O2.HI/c1-25-24(26-16-19-4-2-5-21(14-19)30-9-3-8-27-30)29-12-10-28(11-13-29)17-20-6-7-22-23(15-20)32-18-31-22;/h2-9,14-15H,10-13,16-18H2,1H3,(H,25,26);1H. The topological polar surface area (TPSA) is 67.2 Å². The van der Waals surface area contributed by atoms with Crippen molar-refractivity contribution in [3.63, 3.8) is 0 Å². The molecule has 2 aliphatic rings. The Morgan fingerprint density at radius 1 is 1.00 bits per heavy atom. The van der Waals surface area contributed by atoms with Crippen LogP contribution in [0.2, 0.25) is 0 Å². The van der Waals surface area contributed by atoms with Crippen molar-refractivity contribution >= 4 is 29.9 Å². The van der Waals surface area contributed by atoms with E-state index in [9.17, 15) is 0 Å². The van der Waals surface area contributed by atoms with Gasteiger partial charge in [0.15, 0.2) is 17.5 Å². The highest BCUT2D eigenvalue weighted by atomic mass is 127. The van der Waals surface area contributed by atoms with Gasteiger partial charge in [-0.25, -0.2) is 4.68 Å². The van der Waals surface area contributed by atoms with E-state index in [1.165, 1.54) is 11.1 Å². The number of hydrogen-bond acceptors (Lipinski definition) is 5. The van der Waals surface area contributed by atoms with Gasteiger partial charge in [0.25, 0.3) is 0 Å². The van der Waals surface area contributed by atoms with Gasteiger partial charge in [-0.1, -0.05) is 18.2 Å². The maximum Gasteiger partial charge on any atom is 0.231 e. The van der Waals surface area contributed by atoms with Gasteiger partial charge in [-0.05, 0) is 41.5 Å². The number of halogens is 1. The molecular weight excluding hydrogens is 531 g/mol. The van der Waals surface area contributed by atoms with Gasteiger partial charge >= 0.3 is 0 Å². The molecule has 0 amide bonds. The number of ether oxygens (including phenoxy) is 2. The van der Waals surface area contributed by atoms with E-state index in [0.717, 1.165) is 62.4 Å². The lowest BCUT2D eigenvalue weighted by molar-refractivity contribution is 0.171. The SMILES string of the molecule is CN=C(NCc1cccc(-n2cccn2)c1)N1CCN(Cc2ccc3c(c2)OCO3)CC1.I. The minimum absolute atomic E-state index is 0. The molecule has 1 N–H and O–H groups in total. The Morgan fingerprint density at radius 3 is 2.64 bits per heavy atom. The number of benzene rings is 2. The van der Waals surface area contributed by atoms with E-state index in [1.54, 1.807) is 6.20 Å². The summed E-state index contributed by atoms with van der Waals surface area (Å²) < 4.78 is 12.8. The molecule has 3 heterocycles. The molecule has 3 aromatic rings. The van der Waals surface area contributed by atoms with Gasteiger partial charge in [-0.15, -0.1) is 24.0 Å². The Morgan fingerprint density at radius 2 is 1.85 bits per heavy atom. The van der Waals surface area contributed by atoms with Crippen LogP contribution in [0.25, 0.3) is 5.69 Å². The van der Waals surface area contributed by atoms with Crippen LogP contribution in [0.15, 0.2) is 65.9 Å². The molecular formula is C24H29IN6O2. The van der Waals surface area contributed by atoms with Crippen molar-refractivity contribution in [2.45, 2.75) is 13.1 Å². The fourth-order valence-electron chi connectivity index (χ4n) is 4.16. The van der Waals surface area contributed by atoms with E-state index < -0.39 is 0 Å². The van der Waals surface area contributed by atoms with Crippen molar-refractivity contribution in [1.82, 2.24) is 24.9 Å². The Labute approximate surface area is 211 Å². The maximum absolute atomic E-state index is 5.51. The van der Waals surface area contributed by atoms with E-state index >= 15 is 0 Å². The summed E-state index contributed by atoms with van der Waals surface area (Å²) in [6, 6.07) is 16.5. The number of rotatable bonds is 5. The highest BCUT2D eigenvalue weighted by molar-refractivity contribution is 14.0. The zero-order valence-corrected chi connectivity index (χ0v) is 21.0. The van der Waals surface area contributed by atoms with Crippen LogP contribution in [-0.2, 0) is 13.1 Å². The van der Waals surface area contributed by atoms with Crippen LogP contribution in [0, 0.1) is 0 Å². The van der Waals surface area contributed by atoms with E-state index in [0.29, 0.717) is 6.79 Å². The van der Waals surface area contributed by atoms with Gasteiger partial charge in [-0.2, -0.15) is 5.10 Å². The third kappa shape index (κ3) is 5.59. The fraction of sp³-hybridized carbons (Fsp3) is 0.333. The molecule has 0 aliphatic carbocycles. The van der Waals surface area contributed by atoms with Crippen molar-refractivity contribution in [1.29, 1.82) is 0 Å². The third-order valence-electron chi connectivity index (χ3n) is 5.86. The Balaban J connectivity index is 0.00000259. The van der Waals surface area contributed by atoms with Crippen molar-refractivity contribution in [3.05, 3.63) is 72.1 Å². The molecule has 1 aromatic heterocycles. The van der Waals surface area contributed by atoms with Crippen molar-refractivity contribution < 1.29 is 9.47 Å². The zero-order valence-electron chi connectivity index (χ0n) is 18.7. The summed E-state index contributed by atoms with van der Waals surface area (Å²) in [6.45, 7) is 5.82. The van der Waals surface area contributed by atoms with Crippen LogP contribution >= 0.6 is 24.0 Å². The van der Waals surface area contributed by atoms with Crippen LogP contribution in [0.4, 0.5) is 0 Å². The van der Waals surface area contributed by atoms with Crippen molar-refractivity contribution in [3.8, 4) is 17.2 Å². The normalized spacial score (nSPS) is 15.9. The molecule has 0 atom stereocenters. The average molecular weight is 560 g/mol. The number of hydrogen-bond donors (Lipinski definition) is 1. The maximum atomic E-state index is 5.51. The summed E-state index contributed by atoms with van der Waals surface area (Å²) in [5.41, 5.74) is 3.50. The molecule has 2 aliphatic heterocycles. The minimum Gasteiger partial charge on any atom is -0.454 e. The quantitative estimate of drug-likeness (QED) is 0.294. The first-order valence-corrected chi connectivity index (χ1v) is 10.9. The molecule has 8 nitrogen and oxygen atoms in total. The molecule has 0 radical (unpaired) electrons. The first kappa shape index (κ1) is 23.4. The highest BCUT2D eigenvalue weighted by Gasteiger charge is 2.21. The van der Waals surface area contributed by atoms with Crippen LogP contribution in [0.3, 0.4) is 0 Å². The van der Waals surface area contributed by atoms with E-state index in [1.807, 2.05) is 30.1 Å². The van der Waals surface area contributed by atoms with Gasteiger partial charge in [0, 0.05) is 58.7 Å². The predicted octanol–water partition coefficient (Wildman–Crippen LogP) is 3.11. The molecule has 0 bridgehead atoms. The number of aromatic nitrogens is 2. The molecule has 1 fully saturated rings. The molecule has 33 heavy (non-hydrogen) atoms. The molecule has 1 saturated heterocycles. The Hall–Kier alpha value is -2.79. The zero-order chi connectivity index (χ0) is 21.8. The number of piperazine rings is 1. The van der Waals surface area contributed by atoms with Crippen LogP contribution in [0.1, 0.15) is 11.1 Å². The van der Waals surface area contributed by atoms with E-state index in [-0.39, 0.29) is 24.0 Å². The van der Waals surface area contributed by atoms with Gasteiger partial charge in [0.1, 0.15) is 0 Å². The molecule has 174 valence electrons. The van der Waals surface area contributed by atoms with Gasteiger partial charge < -0.3 is 19.7 Å². The lowest BCUT2D eigenvalue weighted by Crippen LogP contribution is -2.52. The van der Waals surface area contributed by atoms with E-state index in [2.05, 4.69) is 61.6 Å². The fourth-order valence-corrected chi connectivity index (χ4v) is 4.16. The van der Waals surface area contributed by atoms with Crippen LogP contribution in [-0.4, -0.2) is 65.6 Å². The smallest absolute Gasteiger partial charge is 0.231 e. The molecule has 5 rings (SSSR count). The second-order valence-electron chi connectivity index (χ2n) is 7.97. The average Bonchev–Trinajstić information content (AvgIpc) is 3.53. The third-order valence-corrected chi connectivity index (χ3v) is 5.86. The second-order valence-corrected chi connectivity index (χ2v) is 7.97. The molecule has 0 unspecified atom stereocenters. The Bertz CT molecular complexity index is 1080. The monoisotopic (exact) mass is 560 g/mol. The Kier molecular flexibility index (Phi) is 7.71. The molecule has 2 aromatic carbocycles. The lowest BCUT2D eigenvalue weighted by Gasteiger charge is -2.36. The summed E-state index contributed by atoms with van der Waals surface area (Å²) >= 11 is 0. The second kappa shape index (κ2) is 10.9. The first-order chi connectivity index (χ1) is 15.8. The van der Waals surface area contributed by atoms with Gasteiger partial charge in [-0.3, -0.25) is 9.89 Å².